The predicted molar refractivity (Wildman–Crippen MR) is 344 cm³/mol. The first-order valence-corrected chi connectivity index (χ1v) is 35.8. The molecule has 0 fully saturated rings. The molecule has 0 aliphatic carbocycles. The third kappa shape index (κ3) is 66.6. The smallest absolute Gasteiger partial charge is 0.306 e. The first-order valence-electron chi connectivity index (χ1n) is 35.8. The second-order valence-electron chi connectivity index (χ2n) is 24.5. The van der Waals surface area contributed by atoms with Gasteiger partial charge in [0.05, 0.1) is 0 Å². The maximum Gasteiger partial charge on any atom is 0.306 e. The fraction of sp³-hybridized carbons (Fsp3) is 0.904. The summed E-state index contributed by atoms with van der Waals surface area (Å²) in [6, 6.07) is 0. The molecule has 0 rings (SSSR count). The molecule has 6 heteroatoms. The minimum atomic E-state index is -0.772. The molecule has 0 aliphatic heterocycles. The molecule has 0 aliphatic rings. The summed E-state index contributed by atoms with van der Waals surface area (Å²) in [5, 5.41) is 0. The molecule has 1 unspecified atom stereocenters. The van der Waals surface area contributed by atoms with Gasteiger partial charge >= 0.3 is 17.9 Å². The van der Waals surface area contributed by atoms with Crippen molar-refractivity contribution >= 4 is 17.9 Å². The van der Waals surface area contributed by atoms with Crippen LogP contribution in [0.1, 0.15) is 406 Å². The molecule has 0 heterocycles. The first-order chi connectivity index (χ1) is 39.0. The number of carbonyl (C=O) groups is 3. The van der Waals surface area contributed by atoms with E-state index >= 15 is 0 Å². The van der Waals surface area contributed by atoms with E-state index in [0.717, 1.165) is 70.6 Å². The Morgan fingerprint density at radius 3 is 0.722 bits per heavy atom. The molecular weight excluding hydrogens is 973 g/mol. The van der Waals surface area contributed by atoms with Crippen LogP contribution in [0, 0.1) is 0 Å². The van der Waals surface area contributed by atoms with Gasteiger partial charge in [-0.15, -0.1) is 0 Å². The van der Waals surface area contributed by atoms with E-state index in [-0.39, 0.29) is 31.1 Å². The number of hydrogen-bond acceptors (Lipinski definition) is 6. The first kappa shape index (κ1) is 76.9. The fourth-order valence-corrected chi connectivity index (χ4v) is 11.1. The van der Waals surface area contributed by atoms with Crippen molar-refractivity contribution in [1.82, 2.24) is 0 Å². The lowest BCUT2D eigenvalue weighted by molar-refractivity contribution is -0.167. The highest BCUT2D eigenvalue weighted by Gasteiger charge is 2.19. The molecule has 0 aromatic carbocycles. The standard InChI is InChI=1S/C73H138O6/c1-4-7-10-13-16-19-22-25-28-30-31-32-33-34-35-36-37-38-39-40-41-43-45-48-51-54-57-60-63-66-72(75)78-69-70(68-77-71(74)65-62-59-56-53-50-47-44-27-24-21-18-15-12-9-6-3)79-73(76)67-64-61-58-55-52-49-46-42-29-26-23-20-17-14-11-8-5-2/h17,20,26,29,70H,4-16,18-19,21-25,27-28,30-69H2,1-3H3/b20-17-,29-26-. The van der Waals surface area contributed by atoms with Crippen molar-refractivity contribution in [2.24, 2.45) is 0 Å². The number of ether oxygens (including phenoxy) is 3. The molecule has 0 aromatic rings. The highest BCUT2D eigenvalue weighted by molar-refractivity contribution is 5.71. The Morgan fingerprint density at radius 2 is 0.456 bits per heavy atom. The van der Waals surface area contributed by atoms with Crippen LogP contribution in [0.3, 0.4) is 0 Å². The molecule has 466 valence electrons. The van der Waals surface area contributed by atoms with Crippen molar-refractivity contribution < 1.29 is 28.6 Å². The quantitative estimate of drug-likeness (QED) is 0.0261. The Bertz CT molecular complexity index is 1270. The highest BCUT2D eigenvalue weighted by Crippen LogP contribution is 2.19. The number of allylic oxidation sites excluding steroid dienone is 4. The van der Waals surface area contributed by atoms with Gasteiger partial charge in [0.1, 0.15) is 13.2 Å². The lowest BCUT2D eigenvalue weighted by Crippen LogP contribution is -2.30. The van der Waals surface area contributed by atoms with E-state index in [0.29, 0.717) is 19.3 Å². The number of unbranched alkanes of at least 4 members (excludes halogenated alkanes) is 52. The summed E-state index contributed by atoms with van der Waals surface area (Å²) in [6.07, 6.45) is 83.6. The van der Waals surface area contributed by atoms with Gasteiger partial charge in [-0.25, -0.2) is 0 Å². The van der Waals surface area contributed by atoms with Crippen molar-refractivity contribution in [2.45, 2.75) is 412 Å². The normalized spacial score (nSPS) is 12.1. The number of hydrogen-bond donors (Lipinski definition) is 0. The van der Waals surface area contributed by atoms with Gasteiger partial charge in [-0.3, -0.25) is 14.4 Å². The predicted octanol–water partition coefficient (Wildman–Crippen LogP) is 24.6. The lowest BCUT2D eigenvalue weighted by atomic mass is 10.0. The van der Waals surface area contributed by atoms with Crippen LogP contribution < -0.4 is 0 Å². The zero-order valence-corrected chi connectivity index (χ0v) is 53.7. The Labute approximate surface area is 493 Å². The molecule has 0 aromatic heterocycles. The van der Waals surface area contributed by atoms with Gasteiger partial charge in [-0.2, -0.15) is 0 Å². The summed E-state index contributed by atoms with van der Waals surface area (Å²) in [4.78, 5) is 38.4. The number of carbonyl (C=O) groups excluding carboxylic acids is 3. The van der Waals surface area contributed by atoms with Crippen LogP contribution in [0.15, 0.2) is 24.3 Å². The minimum Gasteiger partial charge on any atom is -0.462 e. The third-order valence-electron chi connectivity index (χ3n) is 16.5. The molecule has 0 radical (unpaired) electrons. The van der Waals surface area contributed by atoms with Crippen molar-refractivity contribution in [3.63, 3.8) is 0 Å². The van der Waals surface area contributed by atoms with E-state index in [1.807, 2.05) is 0 Å². The highest BCUT2D eigenvalue weighted by atomic mass is 16.6. The second kappa shape index (κ2) is 68.4. The van der Waals surface area contributed by atoms with Crippen LogP contribution in [0.4, 0.5) is 0 Å². The van der Waals surface area contributed by atoms with Gasteiger partial charge in [0.15, 0.2) is 6.10 Å². The average Bonchev–Trinajstić information content (AvgIpc) is 3.45. The van der Waals surface area contributed by atoms with Crippen molar-refractivity contribution in [2.75, 3.05) is 13.2 Å². The average molecular weight is 1110 g/mol. The van der Waals surface area contributed by atoms with Crippen LogP contribution in [-0.2, 0) is 28.6 Å². The topological polar surface area (TPSA) is 78.9 Å². The van der Waals surface area contributed by atoms with Crippen molar-refractivity contribution in [3.05, 3.63) is 24.3 Å². The van der Waals surface area contributed by atoms with Crippen LogP contribution >= 0.6 is 0 Å². The van der Waals surface area contributed by atoms with E-state index in [9.17, 15) is 14.4 Å². The molecule has 0 N–H and O–H groups in total. The molecule has 0 saturated carbocycles. The molecule has 0 amide bonds. The maximum atomic E-state index is 12.9. The summed E-state index contributed by atoms with van der Waals surface area (Å²) < 4.78 is 17.0. The Hall–Kier alpha value is -2.11. The minimum absolute atomic E-state index is 0.0681. The van der Waals surface area contributed by atoms with Gasteiger partial charge in [0.2, 0.25) is 0 Å². The van der Waals surface area contributed by atoms with E-state index < -0.39 is 6.10 Å². The van der Waals surface area contributed by atoms with E-state index in [4.69, 9.17) is 14.2 Å². The summed E-state index contributed by atoms with van der Waals surface area (Å²) in [6.45, 7) is 6.69. The Kier molecular flexibility index (Phi) is 66.6. The van der Waals surface area contributed by atoms with Gasteiger partial charge < -0.3 is 14.2 Å². The molecule has 0 bridgehead atoms. The van der Waals surface area contributed by atoms with Gasteiger partial charge in [0.25, 0.3) is 0 Å². The maximum absolute atomic E-state index is 12.9. The van der Waals surface area contributed by atoms with E-state index in [1.165, 1.54) is 295 Å². The van der Waals surface area contributed by atoms with Gasteiger partial charge in [-0.1, -0.05) is 360 Å². The monoisotopic (exact) mass is 1110 g/mol. The Balaban J connectivity index is 4.18. The molecule has 6 nitrogen and oxygen atoms in total. The lowest BCUT2D eigenvalue weighted by Gasteiger charge is -2.18. The zero-order valence-electron chi connectivity index (χ0n) is 53.7. The van der Waals surface area contributed by atoms with E-state index in [2.05, 4.69) is 45.1 Å². The summed E-state index contributed by atoms with van der Waals surface area (Å²) in [7, 11) is 0. The summed E-state index contributed by atoms with van der Waals surface area (Å²) >= 11 is 0. The zero-order chi connectivity index (χ0) is 57.1. The van der Waals surface area contributed by atoms with Crippen LogP contribution in [0.2, 0.25) is 0 Å². The SMILES string of the molecule is CCCCC/C=C\C/C=C\CCCCCCCCCC(=O)OC(COC(=O)CCCCCCCCCCCCCCCCC)COC(=O)CCCCCCCCCCCCCCCCCCCCCCCCCCCCCCC. The summed E-state index contributed by atoms with van der Waals surface area (Å²) in [5.41, 5.74) is 0. The van der Waals surface area contributed by atoms with Gasteiger partial charge in [0, 0.05) is 19.3 Å². The van der Waals surface area contributed by atoms with Gasteiger partial charge in [-0.05, 0) is 51.4 Å². The number of esters is 3. The van der Waals surface area contributed by atoms with Crippen LogP contribution in [0.5, 0.6) is 0 Å². The molecule has 0 saturated heterocycles. The molecule has 0 spiro atoms. The third-order valence-corrected chi connectivity index (χ3v) is 16.5. The number of rotatable bonds is 67. The van der Waals surface area contributed by atoms with Crippen LogP contribution in [-0.4, -0.2) is 37.2 Å². The molecule has 79 heavy (non-hydrogen) atoms. The van der Waals surface area contributed by atoms with Crippen LogP contribution in [0.25, 0.3) is 0 Å². The molecular formula is C73H138O6. The summed E-state index contributed by atoms with van der Waals surface area (Å²) in [5.74, 6) is -0.844. The van der Waals surface area contributed by atoms with Crippen molar-refractivity contribution in [1.29, 1.82) is 0 Å². The second-order valence-corrected chi connectivity index (χ2v) is 24.5. The fourth-order valence-electron chi connectivity index (χ4n) is 11.1. The van der Waals surface area contributed by atoms with E-state index in [1.54, 1.807) is 0 Å². The largest absolute Gasteiger partial charge is 0.462 e. The van der Waals surface area contributed by atoms with Crippen molar-refractivity contribution in [3.8, 4) is 0 Å². The Morgan fingerprint density at radius 1 is 0.253 bits per heavy atom. The molecule has 1 atom stereocenters.